The van der Waals surface area contributed by atoms with E-state index in [1.54, 1.807) is 13.8 Å². The molecule has 1 aromatic heterocycles. The first kappa shape index (κ1) is 15.9. The van der Waals surface area contributed by atoms with Crippen molar-refractivity contribution < 1.29 is 21.6 Å². The van der Waals surface area contributed by atoms with Crippen molar-refractivity contribution in [1.29, 1.82) is 0 Å². The van der Waals surface area contributed by atoms with Crippen molar-refractivity contribution in [1.82, 2.24) is 9.29 Å². The van der Waals surface area contributed by atoms with Crippen LogP contribution in [0, 0.1) is 0 Å². The molecule has 0 spiro atoms. The Labute approximate surface area is 110 Å². The molecule has 0 aromatic carbocycles. The van der Waals surface area contributed by atoms with Crippen molar-refractivity contribution in [2.45, 2.75) is 31.3 Å². The lowest BCUT2D eigenvalue weighted by molar-refractivity contribution is -0.140. The lowest BCUT2D eigenvalue weighted by atomic mass is 10.3. The van der Waals surface area contributed by atoms with E-state index in [-0.39, 0.29) is 13.1 Å². The highest BCUT2D eigenvalue weighted by Gasteiger charge is 2.38. The second-order valence-corrected chi connectivity index (χ2v) is 5.77. The first-order valence-corrected chi connectivity index (χ1v) is 7.20. The molecule has 0 amide bonds. The van der Waals surface area contributed by atoms with E-state index in [1.165, 1.54) is 0 Å². The second kappa shape index (κ2) is 5.87. The van der Waals surface area contributed by atoms with Gasteiger partial charge in [-0.25, -0.2) is 8.42 Å². The smallest absolute Gasteiger partial charge is 0.263 e. The molecule has 1 heterocycles. The first-order valence-electron chi connectivity index (χ1n) is 5.76. The van der Waals surface area contributed by atoms with Crippen LogP contribution < -0.4 is 0 Å². The third kappa shape index (κ3) is 3.44. The fraction of sp³-hybridized carbons (Fsp3) is 0.545. The van der Waals surface area contributed by atoms with Crippen molar-refractivity contribution in [3.63, 3.8) is 0 Å². The monoisotopic (exact) mass is 296 g/mol. The van der Waals surface area contributed by atoms with Gasteiger partial charge in [0.15, 0.2) is 0 Å². The second-order valence-electron chi connectivity index (χ2n) is 3.87. The lowest BCUT2D eigenvalue weighted by Gasteiger charge is -2.21. The van der Waals surface area contributed by atoms with Crippen molar-refractivity contribution in [2.24, 2.45) is 0 Å². The van der Waals surface area contributed by atoms with E-state index in [1.807, 2.05) is 0 Å². The summed E-state index contributed by atoms with van der Waals surface area (Å²) in [5.41, 5.74) is -1.18. The molecule has 0 unspecified atom stereocenters. The van der Waals surface area contributed by atoms with Gasteiger partial charge in [-0.2, -0.15) is 17.5 Å². The standard InChI is InChI=1S/C11H15F3N2O2S/c1-3-7-16(4-2)19(17,18)10-8-15-6-5-9(10)11(12,13)14/h5-6,8H,3-4,7H2,1-2H3. The number of pyridine rings is 1. The van der Waals surface area contributed by atoms with Crippen LogP contribution in [0.1, 0.15) is 25.8 Å². The molecule has 0 aliphatic heterocycles. The Kier molecular flexibility index (Phi) is 4.92. The van der Waals surface area contributed by atoms with Gasteiger partial charge < -0.3 is 0 Å². The number of sulfonamides is 1. The van der Waals surface area contributed by atoms with Crippen LogP contribution in [0.15, 0.2) is 23.4 Å². The largest absolute Gasteiger partial charge is 0.417 e. The summed E-state index contributed by atoms with van der Waals surface area (Å²) in [5, 5.41) is 0. The highest BCUT2D eigenvalue weighted by molar-refractivity contribution is 7.89. The van der Waals surface area contributed by atoms with Gasteiger partial charge in [0.1, 0.15) is 4.90 Å². The van der Waals surface area contributed by atoms with Crippen molar-refractivity contribution in [3.8, 4) is 0 Å². The van der Waals surface area contributed by atoms with Gasteiger partial charge in [0.2, 0.25) is 10.0 Å². The minimum absolute atomic E-state index is 0.113. The molecule has 1 rings (SSSR count). The molecule has 0 aliphatic rings. The number of alkyl halides is 3. The zero-order valence-electron chi connectivity index (χ0n) is 10.6. The highest BCUT2D eigenvalue weighted by Crippen LogP contribution is 2.34. The summed E-state index contributed by atoms with van der Waals surface area (Å²) in [7, 11) is -4.18. The Morgan fingerprint density at radius 3 is 2.42 bits per heavy atom. The van der Waals surface area contributed by atoms with E-state index in [9.17, 15) is 21.6 Å². The van der Waals surface area contributed by atoms with Crippen LogP contribution in [-0.2, 0) is 16.2 Å². The fourth-order valence-electron chi connectivity index (χ4n) is 1.66. The molecule has 0 radical (unpaired) electrons. The number of rotatable bonds is 5. The molecule has 0 fully saturated rings. The predicted molar refractivity (Wildman–Crippen MR) is 64.0 cm³/mol. The summed E-state index contributed by atoms with van der Waals surface area (Å²) in [4.78, 5) is 2.70. The van der Waals surface area contributed by atoms with Gasteiger partial charge in [-0.3, -0.25) is 4.98 Å². The van der Waals surface area contributed by atoms with E-state index in [4.69, 9.17) is 0 Å². The maximum atomic E-state index is 12.8. The van der Waals surface area contributed by atoms with E-state index < -0.39 is 26.7 Å². The average Bonchev–Trinajstić information content (AvgIpc) is 2.34. The van der Waals surface area contributed by atoms with Crippen LogP contribution in [0.4, 0.5) is 13.2 Å². The van der Waals surface area contributed by atoms with Crippen molar-refractivity contribution in [2.75, 3.05) is 13.1 Å². The molecule has 108 valence electrons. The van der Waals surface area contributed by atoms with Gasteiger partial charge in [0.05, 0.1) is 5.56 Å². The minimum Gasteiger partial charge on any atom is -0.263 e. The van der Waals surface area contributed by atoms with Crippen molar-refractivity contribution in [3.05, 3.63) is 24.0 Å². The third-order valence-electron chi connectivity index (χ3n) is 2.53. The van der Waals surface area contributed by atoms with Gasteiger partial charge in [0, 0.05) is 25.5 Å². The van der Waals surface area contributed by atoms with Gasteiger partial charge in [-0.1, -0.05) is 13.8 Å². The van der Waals surface area contributed by atoms with Crippen LogP contribution >= 0.6 is 0 Å². The molecule has 0 saturated heterocycles. The molecule has 4 nitrogen and oxygen atoms in total. The molecule has 19 heavy (non-hydrogen) atoms. The van der Waals surface area contributed by atoms with Crippen LogP contribution in [0.3, 0.4) is 0 Å². The van der Waals surface area contributed by atoms with E-state index in [0.717, 1.165) is 16.7 Å². The predicted octanol–water partition coefficient (Wildman–Crippen LogP) is 2.52. The number of hydrogen-bond acceptors (Lipinski definition) is 3. The van der Waals surface area contributed by atoms with E-state index in [0.29, 0.717) is 12.5 Å². The fourth-order valence-corrected chi connectivity index (χ4v) is 3.35. The topological polar surface area (TPSA) is 50.3 Å². The van der Waals surface area contributed by atoms with Gasteiger partial charge in [-0.05, 0) is 12.5 Å². The first-order chi connectivity index (χ1) is 8.75. The van der Waals surface area contributed by atoms with E-state index >= 15 is 0 Å². The maximum Gasteiger partial charge on any atom is 0.417 e. The van der Waals surface area contributed by atoms with Crippen molar-refractivity contribution >= 4 is 10.0 Å². The number of halogens is 3. The maximum absolute atomic E-state index is 12.8. The molecular formula is C11H15F3N2O2S. The normalized spacial score (nSPS) is 12.9. The zero-order valence-corrected chi connectivity index (χ0v) is 11.4. The number of nitrogens with zero attached hydrogens (tertiary/aromatic N) is 2. The third-order valence-corrected chi connectivity index (χ3v) is 4.54. The van der Waals surface area contributed by atoms with Crippen LogP contribution in [0.25, 0.3) is 0 Å². The molecule has 1 aromatic rings. The molecule has 0 N–H and O–H groups in total. The molecule has 0 atom stereocenters. The lowest BCUT2D eigenvalue weighted by Crippen LogP contribution is -2.33. The summed E-state index contributed by atoms with van der Waals surface area (Å²) in [6, 6.07) is 0.673. The van der Waals surface area contributed by atoms with Gasteiger partial charge in [0.25, 0.3) is 0 Å². The quantitative estimate of drug-likeness (QED) is 0.839. The molecule has 0 bridgehead atoms. The molecule has 0 saturated carbocycles. The minimum atomic E-state index is -4.73. The number of hydrogen-bond donors (Lipinski definition) is 0. The Balaban J connectivity index is 3.37. The number of aromatic nitrogens is 1. The van der Waals surface area contributed by atoms with Gasteiger partial charge in [-0.15, -0.1) is 0 Å². The summed E-state index contributed by atoms with van der Waals surface area (Å²) >= 11 is 0. The van der Waals surface area contributed by atoms with Crippen LogP contribution in [0.2, 0.25) is 0 Å². The molecular weight excluding hydrogens is 281 g/mol. The summed E-state index contributed by atoms with van der Waals surface area (Å²) in [6.45, 7) is 3.62. The Bertz CT molecular complexity index is 529. The SMILES string of the molecule is CCCN(CC)S(=O)(=O)c1cnccc1C(F)(F)F. The van der Waals surface area contributed by atoms with Crippen LogP contribution in [-0.4, -0.2) is 30.8 Å². The Morgan fingerprint density at radius 1 is 1.32 bits per heavy atom. The summed E-state index contributed by atoms with van der Waals surface area (Å²) in [5.74, 6) is 0. The zero-order chi connectivity index (χ0) is 14.7. The average molecular weight is 296 g/mol. The van der Waals surface area contributed by atoms with Gasteiger partial charge >= 0.3 is 6.18 Å². The Morgan fingerprint density at radius 2 is 1.95 bits per heavy atom. The highest BCUT2D eigenvalue weighted by atomic mass is 32.2. The summed E-state index contributed by atoms with van der Waals surface area (Å²) < 4.78 is 63.9. The molecule has 0 aliphatic carbocycles. The van der Waals surface area contributed by atoms with Crippen LogP contribution in [0.5, 0.6) is 0 Å². The van der Waals surface area contributed by atoms with E-state index in [2.05, 4.69) is 4.98 Å². The Hall–Kier alpha value is -1.15. The molecule has 8 heteroatoms. The summed E-state index contributed by atoms with van der Waals surface area (Å²) in [6.07, 6.45) is -2.53.